The summed E-state index contributed by atoms with van der Waals surface area (Å²) in [7, 11) is 0. The molecule has 0 bridgehead atoms. The van der Waals surface area contributed by atoms with Crippen molar-refractivity contribution in [3.05, 3.63) is 42.1 Å². The van der Waals surface area contributed by atoms with Gasteiger partial charge in [0.1, 0.15) is 0 Å². The Labute approximate surface area is 103 Å². The third kappa shape index (κ3) is 2.83. The van der Waals surface area contributed by atoms with E-state index in [-0.39, 0.29) is 6.04 Å². The molecule has 1 aromatic heterocycles. The number of rotatable bonds is 4. The molecule has 0 radical (unpaired) electrons. The van der Waals surface area contributed by atoms with Crippen molar-refractivity contribution < 1.29 is 0 Å². The van der Waals surface area contributed by atoms with E-state index in [0.29, 0.717) is 5.92 Å². The smallest absolute Gasteiger partial charge is 0.0702 e. The molecule has 0 saturated carbocycles. The van der Waals surface area contributed by atoms with Crippen molar-refractivity contribution in [1.82, 2.24) is 4.98 Å². The van der Waals surface area contributed by atoms with Gasteiger partial charge in [0, 0.05) is 17.6 Å². The monoisotopic (exact) mass is 228 g/mol. The van der Waals surface area contributed by atoms with E-state index in [1.165, 1.54) is 11.8 Å². The van der Waals surface area contributed by atoms with Crippen LogP contribution in [0.15, 0.2) is 36.5 Å². The molecule has 2 unspecified atom stereocenters. The van der Waals surface area contributed by atoms with Gasteiger partial charge in [-0.2, -0.15) is 0 Å². The molecule has 0 spiro atoms. The highest BCUT2D eigenvalue weighted by atomic mass is 14.7. The molecule has 2 atom stereocenters. The summed E-state index contributed by atoms with van der Waals surface area (Å²) in [6, 6.07) is 10.4. The average Bonchev–Trinajstić information content (AvgIpc) is 2.38. The first-order valence-corrected chi connectivity index (χ1v) is 6.31. The van der Waals surface area contributed by atoms with E-state index in [9.17, 15) is 0 Å². The van der Waals surface area contributed by atoms with Crippen LogP contribution in [0.1, 0.15) is 38.3 Å². The second kappa shape index (κ2) is 5.28. The van der Waals surface area contributed by atoms with Crippen LogP contribution in [0.2, 0.25) is 0 Å². The summed E-state index contributed by atoms with van der Waals surface area (Å²) in [5, 5.41) is 1.17. The molecule has 17 heavy (non-hydrogen) atoms. The van der Waals surface area contributed by atoms with Crippen molar-refractivity contribution in [1.29, 1.82) is 0 Å². The van der Waals surface area contributed by atoms with Crippen LogP contribution in [0.3, 0.4) is 0 Å². The van der Waals surface area contributed by atoms with E-state index < -0.39 is 0 Å². The fourth-order valence-electron chi connectivity index (χ4n) is 2.03. The van der Waals surface area contributed by atoms with Crippen molar-refractivity contribution >= 4 is 10.9 Å². The minimum absolute atomic E-state index is 0.0991. The Hall–Kier alpha value is -1.41. The molecule has 1 heterocycles. The Bertz CT molecular complexity index is 493. The lowest BCUT2D eigenvalue weighted by Gasteiger charge is -2.16. The Balaban J connectivity index is 2.23. The van der Waals surface area contributed by atoms with Crippen LogP contribution < -0.4 is 5.73 Å². The standard InChI is InChI=1S/C15H20N2/c1-3-11(2)8-14(16)13-9-12-6-4-5-7-15(12)17-10-13/h4-7,9-11,14H,3,8,16H2,1-2H3. The fourth-order valence-corrected chi connectivity index (χ4v) is 2.03. The van der Waals surface area contributed by atoms with Crippen molar-refractivity contribution in [2.45, 2.75) is 32.7 Å². The molecular weight excluding hydrogens is 208 g/mol. The van der Waals surface area contributed by atoms with Crippen LogP contribution in [-0.2, 0) is 0 Å². The van der Waals surface area contributed by atoms with E-state index in [1.807, 2.05) is 24.4 Å². The van der Waals surface area contributed by atoms with Gasteiger partial charge in [-0.15, -0.1) is 0 Å². The Morgan fingerprint density at radius 3 is 2.82 bits per heavy atom. The van der Waals surface area contributed by atoms with E-state index >= 15 is 0 Å². The quantitative estimate of drug-likeness (QED) is 0.867. The molecule has 0 aliphatic rings. The SMILES string of the molecule is CCC(C)CC(N)c1cnc2ccccc2c1. The lowest BCUT2D eigenvalue weighted by Crippen LogP contribution is -2.14. The van der Waals surface area contributed by atoms with Gasteiger partial charge in [-0.25, -0.2) is 0 Å². The number of para-hydroxylation sites is 1. The minimum atomic E-state index is 0.0991. The van der Waals surface area contributed by atoms with Crippen molar-refractivity contribution in [2.75, 3.05) is 0 Å². The minimum Gasteiger partial charge on any atom is -0.324 e. The first-order chi connectivity index (χ1) is 8.20. The third-order valence-electron chi connectivity index (χ3n) is 3.39. The van der Waals surface area contributed by atoms with E-state index in [0.717, 1.165) is 17.5 Å². The predicted octanol–water partition coefficient (Wildman–Crippen LogP) is 3.67. The van der Waals surface area contributed by atoms with Gasteiger partial charge < -0.3 is 5.73 Å². The molecule has 2 nitrogen and oxygen atoms in total. The Kier molecular flexibility index (Phi) is 3.75. The largest absolute Gasteiger partial charge is 0.324 e. The van der Waals surface area contributed by atoms with Crippen molar-refractivity contribution in [3.8, 4) is 0 Å². The lowest BCUT2D eigenvalue weighted by molar-refractivity contribution is 0.461. The molecule has 0 saturated heterocycles. The van der Waals surface area contributed by atoms with Gasteiger partial charge in [0.15, 0.2) is 0 Å². The van der Waals surface area contributed by atoms with Gasteiger partial charge in [-0.1, -0.05) is 38.5 Å². The summed E-state index contributed by atoms with van der Waals surface area (Å²) in [5.41, 5.74) is 8.40. The maximum absolute atomic E-state index is 6.22. The van der Waals surface area contributed by atoms with E-state index in [1.54, 1.807) is 0 Å². The number of pyridine rings is 1. The van der Waals surface area contributed by atoms with Crippen LogP contribution in [0.5, 0.6) is 0 Å². The molecule has 2 aromatic rings. The molecule has 0 fully saturated rings. The highest BCUT2D eigenvalue weighted by molar-refractivity contribution is 5.78. The molecule has 2 rings (SSSR count). The van der Waals surface area contributed by atoms with Gasteiger partial charge >= 0.3 is 0 Å². The zero-order valence-corrected chi connectivity index (χ0v) is 10.6. The Morgan fingerprint density at radius 1 is 1.29 bits per heavy atom. The normalized spacial score (nSPS) is 14.8. The van der Waals surface area contributed by atoms with Gasteiger partial charge in [-0.3, -0.25) is 4.98 Å². The maximum Gasteiger partial charge on any atom is 0.0702 e. The molecule has 0 aliphatic heterocycles. The van der Waals surface area contributed by atoms with Gasteiger partial charge in [0.05, 0.1) is 5.52 Å². The topological polar surface area (TPSA) is 38.9 Å². The summed E-state index contributed by atoms with van der Waals surface area (Å²) in [6.07, 6.45) is 4.11. The van der Waals surface area contributed by atoms with E-state index in [4.69, 9.17) is 5.73 Å². The first-order valence-electron chi connectivity index (χ1n) is 6.31. The van der Waals surface area contributed by atoms with Crippen LogP contribution in [0.25, 0.3) is 10.9 Å². The summed E-state index contributed by atoms with van der Waals surface area (Å²) < 4.78 is 0. The van der Waals surface area contributed by atoms with Gasteiger partial charge in [-0.05, 0) is 30.0 Å². The number of nitrogens with two attached hydrogens (primary N) is 1. The van der Waals surface area contributed by atoms with Crippen molar-refractivity contribution in [2.24, 2.45) is 11.7 Å². The van der Waals surface area contributed by atoms with E-state index in [2.05, 4.69) is 31.0 Å². The molecule has 0 aliphatic carbocycles. The Morgan fingerprint density at radius 2 is 2.06 bits per heavy atom. The summed E-state index contributed by atoms with van der Waals surface area (Å²) in [4.78, 5) is 4.46. The number of nitrogens with zero attached hydrogens (tertiary/aromatic N) is 1. The number of hydrogen-bond donors (Lipinski definition) is 1. The number of aromatic nitrogens is 1. The second-order valence-corrected chi connectivity index (χ2v) is 4.82. The summed E-state index contributed by atoms with van der Waals surface area (Å²) in [5.74, 6) is 0.663. The van der Waals surface area contributed by atoms with Crippen LogP contribution >= 0.6 is 0 Å². The number of benzene rings is 1. The summed E-state index contributed by atoms with van der Waals surface area (Å²) >= 11 is 0. The van der Waals surface area contributed by atoms with Crippen LogP contribution in [0.4, 0.5) is 0 Å². The molecule has 2 N–H and O–H groups in total. The van der Waals surface area contributed by atoms with Crippen LogP contribution in [0, 0.1) is 5.92 Å². The summed E-state index contributed by atoms with van der Waals surface area (Å²) in [6.45, 7) is 4.45. The number of hydrogen-bond acceptors (Lipinski definition) is 2. The van der Waals surface area contributed by atoms with Gasteiger partial charge in [0.25, 0.3) is 0 Å². The first kappa shape index (κ1) is 12.1. The zero-order chi connectivity index (χ0) is 12.3. The number of fused-ring (bicyclic) bond motifs is 1. The maximum atomic E-state index is 6.22. The third-order valence-corrected chi connectivity index (χ3v) is 3.39. The van der Waals surface area contributed by atoms with Gasteiger partial charge in [0.2, 0.25) is 0 Å². The highest BCUT2D eigenvalue weighted by Gasteiger charge is 2.10. The second-order valence-electron chi connectivity index (χ2n) is 4.82. The highest BCUT2D eigenvalue weighted by Crippen LogP contribution is 2.22. The predicted molar refractivity (Wildman–Crippen MR) is 72.7 cm³/mol. The average molecular weight is 228 g/mol. The van der Waals surface area contributed by atoms with Crippen molar-refractivity contribution in [3.63, 3.8) is 0 Å². The molecule has 90 valence electrons. The molecule has 0 amide bonds. The fraction of sp³-hybridized carbons (Fsp3) is 0.400. The zero-order valence-electron chi connectivity index (χ0n) is 10.6. The molecular formula is C15H20N2. The molecule has 1 aromatic carbocycles. The lowest BCUT2D eigenvalue weighted by atomic mass is 9.95. The van der Waals surface area contributed by atoms with Crippen LogP contribution in [-0.4, -0.2) is 4.98 Å². The molecule has 2 heteroatoms.